The van der Waals surface area contributed by atoms with Gasteiger partial charge in [-0.25, -0.2) is 0 Å². The van der Waals surface area contributed by atoms with Crippen LogP contribution in [-0.2, 0) is 14.3 Å². The van der Waals surface area contributed by atoms with E-state index < -0.39 is 0 Å². The Hall–Kier alpha value is -1.06. The minimum atomic E-state index is -0.131. The van der Waals surface area contributed by atoms with E-state index in [-0.39, 0.29) is 11.9 Å². The van der Waals surface area contributed by atoms with Gasteiger partial charge in [0.25, 0.3) is 0 Å². The second kappa shape index (κ2) is 17.8. The number of amides is 1. The van der Waals surface area contributed by atoms with Gasteiger partial charge in [-0.2, -0.15) is 0 Å². The maximum Gasteiger partial charge on any atom is 0.305 e. The summed E-state index contributed by atoms with van der Waals surface area (Å²) in [5, 5.41) is 0. The molecule has 0 unspecified atom stereocenters. The van der Waals surface area contributed by atoms with Crippen LogP contribution in [0.1, 0.15) is 104 Å². The van der Waals surface area contributed by atoms with Crippen LogP contribution in [0.25, 0.3) is 0 Å². The lowest BCUT2D eigenvalue weighted by Crippen LogP contribution is -2.30. The largest absolute Gasteiger partial charge is 0.464 e. The molecule has 4 nitrogen and oxygen atoms in total. The first-order chi connectivity index (χ1) is 12.1. The minimum Gasteiger partial charge on any atom is -0.464 e. The predicted molar refractivity (Wildman–Crippen MR) is 105 cm³/mol. The number of unbranched alkanes of at least 4 members (excludes halogenated alkanes) is 10. The molecule has 0 aromatic heterocycles. The number of ether oxygens (including phenoxy) is 1. The number of rotatable bonds is 17. The average molecular weight is 356 g/mol. The Morgan fingerprint density at radius 1 is 0.720 bits per heavy atom. The van der Waals surface area contributed by atoms with E-state index in [9.17, 15) is 9.59 Å². The predicted octanol–water partition coefficient (Wildman–Crippen LogP) is 5.49. The normalized spacial score (nSPS) is 10.7. The number of carbonyl (C=O) groups is 2. The van der Waals surface area contributed by atoms with E-state index >= 15 is 0 Å². The summed E-state index contributed by atoms with van der Waals surface area (Å²) in [6.07, 6.45) is 15.3. The molecule has 0 rings (SSSR count). The molecule has 0 radical (unpaired) electrons. The first-order valence-corrected chi connectivity index (χ1v) is 10.5. The Morgan fingerprint density at radius 3 is 1.76 bits per heavy atom. The van der Waals surface area contributed by atoms with Crippen molar-refractivity contribution in [2.24, 2.45) is 0 Å². The zero-order valence-corrected chi connectivity index (χ0v) is 17.0. The van der Waals surface area contributed by atoms with Gasteiger partial charge < -0.3 is 9.64 Å². The molecule has 0 bridgehead atoms. The lowest BCUT2D eigenvalue weighted by Gasteiger charge is -2.17. The fourth-order valence-electron chi connectivity index (χ4n) is 2.79. The standard InChI is InChI=1S/C21H41NO3/c1-4-6-8-10-11-13-15-17-21(24)25-19-18-22(3)20(23)16-14-12-9-7-5-2/h4-19H2,1-3H3. The fourth-order valence-corrected chi connectivity index (χ4v) is 2.79. The fraction of sp³-hybridized carbons (Fsp3) is 0.905. The van der Waals surface area contributed by atoms with Gasteiger partial charge in [0.05, 0.1) is 6.54 Å². The molecule has 4 heteroatoms. The lowest BCUT2D eigenvalue weighted by molar-refractivity contribution is -0.145. The number of nitrogens with zero attached hydrogens (tertiary/aromatic N) is 1. The van der Waals surface area contributed by atoms with Gasteiger partial charge >= 0.3 is 5.97 Å². The van der Waals surface area contributed by atoms with Crippen LogP contribution < -0.4 is 0 Å². The van der Waals surface area contributed by atoms with Crippen molar-refractivity contribution >= 4 is 11.9 Å². The SMILES string of the molecule is CCCCCCCCCC(=O)OCCN(C)C(=O)CCCCCCC. The summed E-state index contributed by atoms with van der Waals surface area (Å²) >= 11 is 0. The van der Waals surface area contributed by atoms with Crippen molar-refractivity contribution in [3.05, 3.63) is 0 Å². The highest BCUT2D eigenvalue weighted by molar-refractivity contribution is 5.75. The summed E-state index contributed by atoms with van der Waals surface area (Å²) in [4.78, 5) is 25.3. The van der Waals surface area contributed by atoms with Gasteiger partial charge in [-0.3, -0.25) is 9.59 Å². The molecular weight excluding hydrogens is 314 g/mol. The number of likely N-dealkylation sites (N-methyl/N-ethyl adjacent to an activating group) is 1. The monoisotopic (exact) mass is 355 g/mol. The molecule has 0 heterocycles. The Morgan fingerprint density at radius 2 is 1.20 bits per heavy atom. The van der Waals surface area contributed by atoms with Crippen molar-refractivity contribution in [2.75, 3.05) is 20.2 Å². The number of hydrogen-bond donors (Lipinski definition) is 0. The van der Waals surface area contributed by atoms with E-state index in [0.717, 1.165) is 25.7 Å². The van der Waals surface area contributed by atoms with Crippen LogP contribution in [0.4, 0.5) is 0 Å². The maximum atomic E-state index is 12.0. The topological polar surface area (TPSA) is 46.6 Å². The van der Waals surface area contributed by atoms with Crippen LogP contribution in [0.3, 0.4) is 0 Å². The Balaban J connectivity index is 3.51. The van der Waals surface area contributed by atoms with Gasteiger partial charge in [0, 0.05) is 19.9 Å². The van der Waals surface area contributed by atoms with E-state index in [4.69, 9.17) is 4.74 Å². The molecule has 0 aromatic rings. The third-order valence-electron chi connectivity index (χ3n) is 4.59. The summed E-state index contributed by atoms with van der Waals surface area (Å²) in [7, 11) is 1.79. The molecule has 148 valence electrons. The highest BCUT2D eigenvalue weighted by Crippen LogP contribution is 2.09. The van der Waals surface area contributed by atoms with E-state index in [1.807, 2.05) is 0 Å². The molecule has 0 N–H and O–H groups in total. The summed E-state index contributed by atoms with van der Waals surface area (Å²) < 4.78 is 5.23. The van der Waals surface area contributed by atoms with Crippen LogP contribution in [0, 0.1) is 0 Å². The Labute approximate surface area is 155 Å². The molecule has 1 amide bonds. The molecule has 0 saturated carbocycles. The van der Waals surface area contributed by atoms with E-state index in [1.54, 1.807) is 11.9 Å². The average Bonchev–Trinajstić information content (AvgIpc) is 2.60. The quantitative estimate of drug-likeness (QED) is 0.256. The summed E-state index contributed by atoms with van der Waals surface area (Å²) in [6, 6.07) is 0. The Kier molecular flexibility index (Phi) is 17.0. The van der Waals surface area contributed by atoms with Gasteiger partial charge in [0.2, 0.25) is 5.91 Å². The van der Waals surface area contributed by atoms with Crippen LogP contribution in [-0.4, -0.2) is 37.0 Å². The Bertz CT molecular complexity index is 331. The second-order valence-electron chi connectivity index (χ2n) is 7.07. The van der Waals surface area contributed by atoms with Crippen molar-refractivity contribution in [1.82, 2.24) is 4.90 Å². The van der Waals surface area contributed by atoms with Crippen LogP contribution in [0.5, 0.6) is 0 Å². The van der Waals surface area contributed by atoms with Crippen molar-refractivity contribution in [2.45, 2.75) is 104 Å². The zero-order chi connectivity index (χ0) is 18.8. The van der Waals surface area contributed by atoms with Crippen LogP contribution in [0.2, 0.25) is 0 Å². The van der Waals surface area contributed by atoms with Crippen molar-refractivity contribution in [3.63, 3.8) is 0 Å². The third kappa shape index (κ3) is 16.2. The lowest BCUT2D eigenvalue weighted by atomic mass is 10.1. The third-order valence-corrected chi connectivity index (χ3v) is 4.59. The van der Waals surface area contributed by atoms with E-state index in [2.05, 4.69) is 13.8 Å². The number of carbonyl (C=O) groups excluding carboxylic acids is 2. The second-order valence-corrected chi connectivity index (χ2v) is 7.07. The molecule has 0 atom stereocenters. The molecular formula is C21H41NO3. The highest BCUT2D eigenvalue weighted by Gasteiger charge is 2.09. The highest BCUT2D eigenvalue weighted by atomic mass is 16.5. The van der Waals surface area contributed by atoms with Gasteiger partial charge in [-0.15, -0.1) is 0 Å². The number of esters is 1. The van der Waals surface area contributed by atoms with Gasteiger partial charge in [0.1, 0.15) is 6.61 Å². The summed E-state index contributed by atoms with van der Waals surface area (Å²) in [5.41, 5.74) is 0. The molecule has 0 spiro atoms. The summed E-state index contributed by atoms with van der Waals surface area (Å²) in [6.45, 7) is 5.21. The van der Waals surface area contributed by atoms with Crippen molar-refractivity contribution in [3.8, 4) is 0 Å². The van der Waals surface area contributed by atoms with Gasteiger partial charge in [0.15, 0.2) is 0 Å². The minimum absolute atomic E-state index is 0.131. The molecule has 25 heavy (non-hydrogen) atoms. The number of hydrogen-bond acceptors (Lipinski definition) is 3. The van der Waals surface area contributed by atoms with E-state index in [0.29, 0.717) is 26.0 Å². The molecule has 0 aliphatic heterocycles. The van der Waals surface area contributed by atoms with Gasteiger partial charge in [-0.05, 0) is 12.8 Å². The zero-order valence-electron chi connectivity index (χ0n) is 17.0. The maximum absolute atomic E-state index is 12.0. The van der Waals surface area contributed by atoms with Crippen molar-refractivity contribution < 1.29 is 14.3 Å². The first kappa shape index (κ1) is 23.9. The molecule has 0 fully saturated rings. The van der Waals surface area contributed by atoms with Gasteiger partial charge in [-0.1, -0.05) is 78.1 Å². The van der Waals surface area contributed by atoms with E-state index in [1.165, 1.54) is 51.4 Å². The molecule has 0 aromatic carbocycles. The van der Waals surface area contributed by atoms with Crippen molar-refractivity contribution in [1.29, 1.82) is 0 Å². The first-order valence-electron chi connectivity index (χ1n) is 10.5. The van der Waals surface area contributed by atoms with Crippen LogP contribution in [0.15, 0.2) is 0 Å². The molecule has 0 aliphatic carbocycles. The van der Waals surface area contributed by atoms with Crippen LogP contribution >= 0.6 is 0 Å². The molecule has 0 saturated heterocycles. The smallest absolute Gasteiger partial charge is 0.305 e. The molecule has 0 aliphatic rings. The summed E-state index contributed by atoms with van der Waals surface area (Å²) in [5.74, 6) is 0.0219.